The first kappa shape index (κ1) is 18.7. The predicted octanol–water partition coefficient (Wildman–Crippen LogP) is 2.30. The Morgan fingerprint density at radius 1 is 1.21 bits per heavy atom. The molecular formula is C16H21BF2O5. The number of methoxy groups -OCH3 is 1. The number of ether oxygens (including phenoxy) is 2. The van der Waals surface area contributed by atoms with Gasteiger partial charge in [0.25, 0.3) is 0 Å². The van der Waals surface area contributed by atoms with Gasteiger partial charge in [-0.1, -0.05) is 12.1 Å². The summed E-state index contributed by atoms with van der Waals surface area (Å²) >= 11 is 0. The normalized spacial score (nSPS) is 18.8. The van der Waals surface area contributed by atoms with Crippen molar-refractivity contribution in [2.75, 3.05) is 7.11 Å². The summed E-state index contributed by atoms with van der Waals surface area (Å²) < 4.78 is 46.2. The zero-order valence-electron chi connectivity index (χ0n) is 14.4. The summed E-state index contributed by atoms with van der Waals surface area (Å²) in [6.07, 6.45) is -0.164. The van der Waals surface area contributed by atoms with E-state index in [4.69, 9.17) is 9.31 Å². The molecule has 1 aromatic carbocycles. The van der Waals surface area contributed by atoms with Crippen LogP contribution in [-0.4, -0.2) is 38.0 Å². The molecule has 1 saturated heterocycles. The van der Waals surface area contributed by atoms with Gasteiger partial charge in [0.1, 0.15) is 5.75 Å². The third-order valence-corrected chi connectivity index (χ3v) is 4.40. The van der Waals surface area contributed by atoms with E-state index < -0.39 is 30.9 Å². The van der Waals surface area contributed by atoms with Crippen LogP contribution in [0.25, 0.3) is 0 Å². The van der Waals surface area contributed by atoms with E-state index in [0.29, 0.717) is 11.0 Å². The standard InChI is InChI=1S/C16H21BF2O5/c1-15(2)16(3,4)24-17(23-15)11-7-6-10(8-13(20)21-5)12(9-11)22-14(18)19/h6-7,9,14H,8H2,1-5H3. The average Bonchev–Trinajstić information content (AvgIpc) is 2.68. The molecule has 0 bridgehead atoms. The Bertz CT molecular complexity index is 602. The molecule has 0 amide bonds. The highest BCUT2D eigenvalue weighted by molar-refractivity contribution is 6.62. The molecule has 1 aliphatic rings. The molecule has 1 aliphatic heterocycles. The Hall–Kier alpha value is -1.67. The van der Waals surface area contributed by atoms with E-state index in [-0.39, 0.29) is 12.2 Å². The Morgan fingerprint density at radius 2 is 1.79 bits per heavy atom. The number of carbonyl (C=O) groups is 1. The van der Waals surface area contributed by atoms with Crippen LogP contribution in [0.3, 0.4) is 0 Å². The van der Waals surface area contributed by atoms with Crippen molar-refractivity contribution in [3.8, 4) is 5.75 Å². The molecule has 1 heterocycles. The molecule has 24 heavy (non-hydrogen) atoms. The van der Waals surface area contributed by atoms with E-state index in [9.17, 15) is 13.6 Å². The zero-order chi connectivity index (χ0) is 18.1. The number of rotatable bonds is 5. The highest BCUT2D eigenvalue weighted by Gasteiger charge is 2.51. The van der Waals surface area contributed by atoms with Crippen LogP contribution in [0.1, 0.15) is 33.3 Å². The van der Waals surface area contributed by atoms with E-state index in [1.165, 1.54) is 19.2 Å². The van der Waals surface area contributed by atoms with E-state index >= 15 is 0 Å². The molecule has 0 unspecified atom stereocenters. The zero-order valence-corrected chi connectivity index (χ0v) is 14.4. The van der Waals surface area contributed by atoms with Crippen LogP contribution in [0.5, 0.6) is 5.75 Å². The van der Waals surface area contributed by atoms with Crippen LogP contribution < -0.4 is 10.2 Å². The smallest absolute Gasteiger partial charge is 0.469 e. The summed E-state index contributed by atoms with van der Waals surface area (Å²) in [6.45, 7) is 4.59. The lowest BCUT2D eigenvalue weighted by atomic mass is 9.78. The van der Waals surface area contributed by atoms with Gasteiger partial charge in [-0.25, -0.2) is 0 Å². The molecule has 0 saturated carbocycles. The van der Waals surface area contributed by atoms with Crippen LogP contribution in [0.4, 0.5) is 8.78 Å². The lowest BCUT2D eigenvalue weighted by molar-refractivity contribution is -0.139. The molecule has 5 nitrogen and oxygen atoms in total. The van der Waals surface area contributed by atoms with Crippen LogP contribution >= 0.6 is 0 Å². The second kappa shape index (κ2) is 6.68. The highest BCUT2D eigenvalue weighted by Crippen LogP contribution is 2.36. The summed E-state index contributed by atoms with van der Waals surface area (Å²) in [5, 5.41) is 0. The maximum atomic E-state index is 12.7. The van der Waals surface area contributed by atoms with E-state index in [0.717, 1.165) is 0 Å². The fourth-order valence-corrected chi connectivity index (χ4v) is 2.28. The first-order valence-electron chi connectivity index (χ1n) is 7.56. The second-order valence-corrected chi connectivity index (χ2v) is 6.59. The van der Waals surface area contributed by atoms with Crippen LogP contribution in [-0.2, 0) is 25.3 Å². The molecule has 1 aromatic rings. The van der Waals surface area contributed by atoms with Crippen molar-refractivity contribution in [2.24, 2.45) is 0 Å². The third-order valence-electron chi connectivity index (χ3n) is 4.40. The van der Waals surface area contributed by atoms with Crippen molar-refractivity contribution in [3.63, 3.8) is 0 Å². The van der Waals surface area contributed by atoms with Crippen molar-refractivity contribution >= 4 is 18.6 Å². The van der Waals surface area contributed by atoms with Crippen molar-refractivity contribution in [3.05, 3.63) is 23.8 Å². The molecule has 2 rings (SSSR count). The Morgan fingerprint density at radius 3 is 2.29 bits per heavy atom. The van der Waals surface area contributed by atoms with Gasteiger partial charge in [0, 0.05) is 5.56 Å². The number of hydrogen-bond acceptors (Lipinski definition) is 5. The summed E-state index contributed by atoms with van der Waals surface area (Å²) in [5.74, 6) is -0.639. The van der Waals surface area contributed by atoms with Gasteiger partial charge in [0.05, 0.1) is 24.7 Å². The molecule has 0 aliphatic carbocycles. The summed E-state index contributed by atoms with van der Waals surface area (Å²) in [4.78, 5) is 11.4. The van der Waals surface area contributed by atoms with Gasteiger partial charge in [0.2, 0.25) is 0 Å². The van der Waals surface area contributed by atoms with Gasteiger partial charge >= 0.3 is 19.7 Å². The summed E-state index contributed by atoms with van der Waals surface area (Å²) in [6, 6.07) is 4.61. The minimum Gasteiger partial charge on any atom is -0.469 e. The van der Waals surface area contributed by atoms with Gasteiger partial charge in [-0.15, -0.1) is 0 Å². The van der Waals surface area contributed by atoms with Gasteiger partial charge in [-0.2, -0.15) is 8.78 Å². The van der Waals surface area contributed by atoms with Gasteiger partial charge < -0.3 is 18.8 Å². The third kappa shape index (κ3) is 3.87. The van der Waals surface area contributed by atoms with E-state index in [1.54, 1.807) is 6.07 Å². The molecule has 0 radical (unpaired) electrons. The molecule has 0 aromatic heterocycles. The molecule has 0 spiro atoms. The molecule has 8 heteroatoms. The summed E-state index contributed by atoms with van der Waals surface area (Å²) in [7, 11) is 0.525. The Balaban J connectivity index is 2.31. The van der Waals surface area contributed by atoms with Crippen molar-refractivity contribution in [1.29, 1.82) is 0 Å². The van der Waals surface area contributed by atoms with Crippen molar-refractivity contribution in [1.82, 2.24) is 0 Å². The molecule has 1 fully saturated rings. The molecule has 0 N–H and O–H groups in total. The highest BCUT2D eigenvalue weighted by atomic mass is 19.3. The first-order chi connectivity index (χ1) is 11.1. The topological polar surface area (TPSA) is 54.0 Å². The lowest BCUT2D eigenvalue weighted by Crippen LogP contribution is -2.41. The largest absolute Gasteiger partial charge is 0.494 e. The SMILES string of the molecule is COC(=O)Cc1ccc(B2OC(C)(C)C(C)(C)O2)cc1OC(F)F. The predicted molar refractivity (Wildman–Crippen MR) is 84.5 cm³/mol. The van der Waals surface area contributed by atoms with Crippen molar-refractivity contribution in [2.45, 2.75) is 51.9 Å². The van der Waals surface area contributed by atoms with Crippen molar-refractivity contribution < 1.29 is 32.4 Å². The van der Waals surface area contributed by atoms with Crippen LogP contribution in [0, 0.1) is 0 Å². The number of alkyl halides is 2. The maximum Gasteiger partial charge on any atom is 0.494 e. The second-order valence-electron chi connectivity index (χ2n) is 6.59. The fourth-order valence-electron chi connectivity index (χ4n) is 2.28. The Labute approximate surface area is 140 Å². The molecule has 132 valence electrons. The fraction of sp³-hybridized carbons (Fsp3) is 0.562. The minimum atomic E-state index is -3.00. The molecule has 0 atom stereocenters. The van der Waals surface area contributed by atoms with E-state index in [2.05, 4.69) is 9.47 Å². The number of carbonyl (C=O) groups excluding carboxylic acids is 1. The van der Waals surface area contributed by atoms with E-state index in [1.807, 2.05) is 27.7 Å². The van der Waals surface area contributed by atoms with Gasteiger partial charge in [-0.3, -0.25) is 4.79 Å². The molecular weight excluding hydrogens is 321 g/mol. The van der Waals surface area contributed by atoms with Crippen LogP contribution in [0.2, 0.25) is 0 Å². The minimum absolute atomic E-state index is 0.0948. The lowest BCUT2D eigenvalue weighted by Gasteiger charge is -2.32. The monoisotopic (exact) mass is 342 g/mol. The Kier molecular flexibility index (Phi) is 5.20. The average molecular weight is 342 g/mol. The quantitative estimate of drug-likeness (QED) is 0.607. The van der Waals surface area contributed by atoms with Crippen LogP contribution in [0.15, 0.2) is 18.2 Å². The number of halogens is 2. The maximum absolute atomic E-state index is 12.7. The number of hydrogen-bond donors (Lipinski definition) is 0. The van der Waals surface area contributed by atoms with Gasteiger partial charge in [-0.05, 0) is 39.2 Å². The van der Waals surface area contributed by atoms with Gasteiger partial charge in [0.15, 0.2) is 0 Å². The first-order valence-corrected chi connectivity index (χ1v) is 7.56. The summed E-state index contributed by atoms with van der Waals surface area (Å²) in [5.41, 5.74) is -0.251. The number of benzene rings is 1. The number of esters is 1.